The van der Waals surface area contributed by atoms with E-state index in [0.717, 1.165) is 26.1 Å². The molecule has 232 valence electrons. The summed E-state index contributed by atoms with van der Waals surface area (Å²) in [5.74, 6) is -0.910. The first kappa shape index (κ1) is 31.6. The molecule has 0 bridgehead atoms. The van der Waals surface area contributed by atoms with Gasteiger partial charge in [0.15, 0.2) is 0 Å². The quantitative estimate of drug-likeness (QED) is 0.0991. The normalized spacial score (nSPS) is 12.8. The van der Waals surface area contributed by atoms with Crippen LogP contribution in [-0.2, 0) is 9.84 Å². The molecule has 8 heteroatoms. The molecule has 0 aliphatic carbocycles. The Balaban J connectivity index is 0.00000386. The van der Waals surface area contributed by atoms with Crippen molar-refractivity contribution in [3.8, 4) is 0 Å². The van der Waals surface area contributed by atoms with Gasteiger partial charge in [0.2, 0.25) is 9.84 Å². The molecule has 0 saturated carbocycles. The summed E-state index contributed by atoms with van der Waals surface area (Å²) in [5, 5.41) is 4.32. The maximum absolute atomic E-state index is 14.0. The topological polar surface area (TPSA) is 97.5 Å². The van der Waals surface area contributed by atoms with Gasteiger partial charge in [-0.25, -0.2) is 13.3 Å². The molecule has 0 radical (unpaired) electrons. The third kappa shape index (κ3) is 5.24. The number of sulfone groups is 1. The van der Waals surface area contributed by atoms with Gasteiger partial charge >= 0.3 is 0 Å². The molecule has 2 N–H and O–H groups in total. The number of carbonyl (C=O) groups excluding carboxylic acids is 2. The molecular formula is C39H31N2O4PS. The average molecular weight is 655 g/mol. The van der Waals surface area contributed by atoms with Crippen LogP contribution in [0.4, 0.5) is 11.4 Å². The van der Waals surface area contributed by atoms with Crippen LogP contribution < -0.4 is 31.9 Å². The van der Waals surface area contributed by atoms with Gasteiger partial charge < -0.3 is 13.2 Å². The number of hydrogen-bond donors (Lipinski definition) is 1. The largest absolute Gasteiger partial charge is 0.399 e. The number of hydrogen-bond acceptors (Lipinski definition) is 5. The van der Waals surface area contributed by atoms with Crippen LogP contribution in [0, 0.1) is 7.43 Å². The lowest BCUT2D eigenvalue weighted by Crippen LogP contribution is -2.38. The Labute approximate surface area is 275 Å². The lowest BCUT2D eigenvalue weighted by Gasteiger charge is -2.27. The number of carbonyl (C=O) groups is 2. The summed E-state index contributed by atoms with van der Waals surface area (Å²) in [5.41, 5.74) is 7.09. The molecule has 1 aliphatic rings. The summed E-state index contributed by atoms with van der Waals surface area (Å²) in [6.45, 7) is 0. The summed E-state index contributed by atoms with van der Waals surface area (Å²) in [7, 11) is -6.31. The molecule has 0 saturated heterocycles. The molecule has 1 aliphatic heterocycles. The van der Waals surface area contributed by atoms with Crippen molar-refractivity contribution in [3.05, 3.63) is 176 Å². The van der Waals surface area contributed by atoms with E-state index in [-0.39, 0.29) is 17.2 Å². The van der Waals surface area contributed by atoms with Crippen molar-refractivity contribution in [2.24, 2.45) is 0 Å². The summed E-state index contributed by atoms with van der Waals surface area (Å²) in [4.78, 5) is 29.0. The molecule has 7 rings (SSSR count). The highest BCUT2D eigenvalue weighted by molar-refractivity contribution is 8.01. The van der Waals surface area contributed by atoms with E-state index in [0.29, 0.717) is 22.5 Å². The zero-order valence-electron chi connectivity index (χ0n) is 25.5. The Morgan fingerprint density at radius 1 is 0.489 bits per heavy atom. The number of fused-ring (bicyclic) bond motifs is 1. The van der Waals surface area contributed by atoms with Gasteiger partial charge in [-0.15, -0.1) is 0 Å². The van der Waals surface area contributed by atoms with E-state index in [2.05, 4.69) is 36.4 Å². The van der Waals surface area contributed by atoms with Crippen molar-refractivity contribution in [2.75, 3.05) is 10.6 Å². The van der Waals surface area contributed by atoms with Crippen molar-refractivity contribution in [1.29, 1.82) is 0 Å². The lowest BCUT2D eigenvalue weighted by atomic mass is 10.1. The number of benzene rings is 6. The standard InChI is InChI=1S/C38H28N2O4PS.CH3/c39-27-16-21-33(22-17-27)46(43,44)34-23-18-28(19-24-34)40-37(41)35-25-20-32(26-36(35)38(40)42)45(29-10-4-1-5-11-29,30-12-6-2-7-13-30)31-14-8-3-9-15-31;/h1-26H,39H2;1H3/q+1;-1. The molecule has 6 aromatic carbocycles. The fourth-order valence-electron chi connectivity index (χ4n) is 6.08. The average Bonchev–Trinajstić information content (AvgIpc) is 3.35. The fourth-order valence-corrected chi connectivity index (χ4v) is 11.6. The first-order valence-electron chi connectivity index (χ1n) is 14.6. The molecule has 0 fully saturated rings. The third-order valence-electron chi connectivity index (χ3n) is 8.28. The molecule has 0 atom stereocenters. The summed E-state index contributed by atoms with van der Waals surface area (Å²) in [6, 6.07) is 48.2. The van der Waals surface area contributed by atoms with Gasteiger partial charge in [0.25, 0.3) is 11.8 Å². The van der Waals surface area contributed by atoms with Gasteiger partial charge in [0.1, 0.15) is 28.5 Å². The third-order valence-corrected chi connectivity index (χ3v) is 14.3. The number of nitrogens with zero attached hydrogens (tertiary/aromatic N) is 1. The Kier molecular flexibility index (Phi) is 8.37. The number of amides is 2. The Morgan fingerprint density at radius 3 is 1.38 bits per heavy atom. The highest BCUT2D eigenvalue weighted by Crippen LogP contribution is 2.54. The second-order valence-electron chi connectivity index (χ2n) is 10.9. The van der Waals surface area contributed by atoms with Crippen LogP contribution >= 0.6 is 7.26 Å². The molecule has 6 aromatic rings. The maximum Gasteiger partial charge on any atom is 0.266 e. The van der Waals surface area contributed by atoms with E-state index < -0.39 is 28.9 Å². The maximum atomic E-state index is 14.0. The molecule has 6 nitrogen and oxygen atoms in total. The zero-order chi connectivity index (χ0) is 31.9. The predicted molar refractivity (Wildman–Crippen MR) is 192 cm³/mol. The minimum atomic E-state index is -3.82. The van der Waals surface area contributed by atoms with Crippen molar-refractivity contribution >= 4 is 61.5 Å². The minimum absolute atomic E-state index is 0. The number of rotatable bonds is 7. The summed E-state index contributed by atoms with van der Waals surface area (Å²) >= 11 is 0. The molecule has 1 heterocycles. The van der Waals surface area contributed by atoms with Crippen LogP contribution in [0.3, 0.4) is 0 Å². The van der Waals surface area contributed by atoms with Crippen molar-refractivity contribution in [3.63, 3.8) is 0 Å². The Morgan fingerprint density at radius 2 is 0.915 bits per heavy atom. The molecule has 0 spiro atoms. The Bertz CT molecular complexity index is 2090. The van der Waals surface area contributed by atoms with Crippen LogP contribution in [0.1, 0.15) is 20.7 Å². The second kappa shape index (κ2) is 12.4. The fraction of sp³-hybridized carbons (Fsp3) is 0. The molecular weight excluding hydrogens is 623 g/mol. The van der Waals surface area contributed by atoms with Crippen LogP contribution in [0.5, 0.6) is 0 Å². The van der Waals surface area contributed by atoms with Crippen molar-refractivity contribution in [1.82, 2.24) is 0 Å². The van der Waals surface area contributed by atoms with E-state index in [1.54, 1.807) is 6.07 Å². The van der Waals surface area contributed by atoms with Crippen molar-refractivity contribution < 1.29 is 18.0 Å². The lowest BCUT2D eigenvalue weighted by molar-refractivity contribution is 0.0926. The van der Waals surface area contributed by atoms with Gasteiger partial charge in [-0.1, -0.05) is 54.6 Å². The van der Waals surface area contributed by atoms with Gasteiger partial charge in [-0.05, 0) is 103 Å². The summed E-state index contributed by atoms with van der Waals surface area (Å²) in [6.07, 6.45) is 0. The number of anilines is 2. The van der Waals surface area contributed by atoms with Crippen LogP contribution in [0.2, 0.25) is 0 Å². The van der Waals surface area contributed by atoms with Crippen molar-refractivity contribution in [2.45, 2.75) is 9.79 Å². The van der Waals surface area contributed by atoms with E-state index >= 15 is 0 Å². The highest BCUT2D eigenvalue weighted by Gasteiger charge is 2.49. The highest BCUT2D eigenvalue weighted by atomic mass is 32.2. The zero-order valence-corrected chi connectivity index (χ0v) is 27.2. The van der Waals surface area contributed by atoms with E-state index in [1.807, 2.05) is 66.7 Å². The monoisotopic (exact) mass is 654 g/mol. The Hall–Kier alpha value is -5.36. The van der Waals surface area contributed by atoms with Gasteiger partial charge in [0, 0.05) is 5.69 Å². The van der Waals surface area contributed by atoms with Gasteiger partial charge in [0.05, 0.1) is 26.6 Å². The van der Waals surface area contributed by atoms with Crippen LogP contribution in [0.25, 0.3) is 0 Å². The summed E-state index contributed by atoms with van der Waals surface area (Å²) < 4.78 is 26.4. The first-order valence-corrected chi connectivity index (χ1v) is 17.9. The molecule has 0 unspecified atom stereocenters. The SMILES string of the molecule is Nc1ccc(S(=O)(=O)c2ccc(N3C(=O)c4ccc([P+](c5ccccc5)(c5ccccc5)c5ccccc5)cc4C3=O)cc2)cc1.[CH3-]. The van der Waals surface area contributed by atoms with Crippen LogP contribution in [-0.4, -0.2) is 20.2 Å². The van der Waals surface area contributed by atoms with E-state index in [1.165, 1.54) is 48.5 Å². The van der Waals surface area contributed by atoms with Gasteiger partial charge in [-0.3, -0.25) is 9.59 Å². The minimum Gasteiger partial charge on any atom is -0.399 e. The number of nitrogens with two attached hydrogens (primary N) is 1. The molecule has 2 amide bonds. The van der Waals surface area contributed by atoms with Crippen LogP contribution in [0.15, 0.2) is 168 Å². The molecule has 0 aromatic heterocycles. The van der Waals surface area contributed by atoms with Gasteiger partial charge in [-0.2, -0.15) is 0 Å². The smallest absolute Gasteiger partial charge is 0.266 e. The number of imide groups is 1. The predicted octanol–water partition coefficient (Wildman–Crippen LogP) is 5.97. The molecule has 47 heavy (non-hydrogen) atoms. The van der Waals surface area contributed by atoms with E-state index in [9.17, 15) is 18.0 Å². The second-order valence-corrected chi connectivity index (χ2v) is 16.3. The van der Waals surface area contributed by atoms with E-state index in [4.69, 9.17) is 5.73 Å². The first-order chi connectivity index (χ1) is 22.3. The number of nitrogen functional groups attached to an aromatic ring is 1.